The van der Waals surface area contributed by atoms with Crippen molar-refractivity contribution in [3.05, 3.63) is 36.0 Å². The van der Waals surface area contributed by atoms with Crippen LogP contribution >= 0.6 is 11.8 Å². The van der Waals surface area contributed by atoms with E-state index in [9.17, 15) is 0 Å². The van der Waals surface area contributed by atoms with Gasteiger partial charge in [-0.05, 0) is 31.2 Å². The van der Waals surface area contributed by atoms with Crippen LogP contribution in [0.25, 0.3) is 0 Å². The SMILES string of the molecule is CNc1nc(Nc2ccccc2SC)cc(C2CC2)n1. The van der Waals surface area contributed by atoms with Gasteiger partial charge in [0.25, 0.3) is 0 Å². The second-order valence-corrected chi connectivity index (χ2v) is 5.70. The molecule has 1 aromatic heterocycles. The van der Waals surface area contributed by atoms with E-state index in [2.05, 4.69) is 45.1 Å². The Kier molecular flexibility index (Phi) is 3.78. The van der Waals surface area contributed by atoms with Crippen molar-refractivity contribution in [2.75, 3.05) is 23.9 Å². The van der Waals surface area contributed by atoms with Crippen molar-refractivity contribution in [3.63, 3.8) is 0 Å². The lowest BCUT2D eigenvalue weighted by molar-refractivity contribution is 0.991. The first kappa shape index (κ1) is 13.2. The van der Waals surface area contributed by atoms with E-state index in [0.717, 1.165) is 17.2 Å². The summed E-state index contributed by atoms with van der Waals surface area (Å²) in [6.07, 6.45) is 4.55. The van der Waals surface area contributed by atoms with Crippen LogP contribution in [-0.2, 0) is 0 Å². The highest BCUT2D eigenvalue weighted by atomic mass is 32.2. The quantitative estimate of drug-likeness (QED) is 0.817. The summed E-state index contributed by atoms with van der Waals surface area (Å²) in [6.45, 7) is 0. The van der Waals surface area contributed by atoms with Crippen molar-refractivity contribution in [2.24, 2.45) is 0 Å². The lowest BCUT2D eigenvalue weighted by atomic mass is 10.2. The molecule has 0 radical (unpaired) electrons. The molecule has 2 aromatic rings. The standard InChI is InChI=1S/C15H18N4S/c1-16-15-18-12(10-7-8-10)9-14(19-15)17-11-5-3-4-6-13(11)20-2/h3-6,9-10H,7-8H2,1-2H3,(H2,16,17,18,19). The Morgan fingerprint density at radius 1 is 1.20 bits per heavy atom. The van der Waals surface area contributed by atoms with Gasteiger partial charge in [-0.1, -0.05) is 12.1 Å². The molecule has 1 aliphatic rings. The fourth-order valence-corrected chi connectivity index (χ4v) is 2.67. The third-order valence-electron chi connectivity index (χ3n) is 3.33. The number of aromatic nitrogens is 2. The molecule has 1 saturated carbocycles. The molecule has 20 heavy (non-hydrogen) atoms. The molecule has 2 N–H and O–H groups in total. The van der Waals surface area contributed by atoms with Gasteiger partial charge in [0.1, 0.15) is 5.82 Å². The molecular formula is C15H18N4S. The van der Waals surface area contributed by atoms with Crippen molar-refractivity contribution in [1.29, 1.82) is 0 Å². The number of nitrogens with zero attached hydrogens (tertiary/aromatic N) is 2. The summed E-state index contributed by atoms with van der Waals surface area (Å²) in [4.78, 5) is 10.2. The van der Waals surface area contributed by atoms with Gasteiger partial charge in [0, 0.05) is 23.9 Å². The van der Waals surface area contributed by atoms with Crippen molar-refractivity contribution >= 4 is 29.2 Å². The van der Waals surface area contributed by atoms with Gasteiger partial charge in [-0.2, -0.15) is 4.98 Å². The Morgan fingerprint density at radius 3 is 2.70 bits per heavy atom. The summed E-state index contributed by atoms with van der Waals surface area (Å²) in [5.74, 6) is 2.15. The molecule has 1 heterocycles. The van der Waals surface area contributed by atoms with Crippen molar-refractivity contribution in [3.8, 4) is 0 Å². The summed E-state index contributed by atoms with van der Waals surface area (Å²) < 4.78 is 0. The molecule has 0 saturated heterocycles. The summed E-state index contributed by atoms with van der Waals surface area (Å²) >= 11 is 1.73. The predicted molar refractivity (Wildman–Crippen MR) is 85.1 cm³/mol. The molecule has 3 rings (SSSR count). The van der Waals surface area contributed by atoms with E-state index in [1.807, 2.05) is 19.2 Å². The van der Waals surface area contributed by atoms with Gasteiger partial charge < -0.3 is 10.6 Å². The van der Waals surface area contributed by atoms with Crippen LogP contribution in [0.5, 0.6) is 0 Å². The van der Waals surface area contributed by atoms with Gasteiger partial charge in [-0.25, -0.2) is 4.98 Å². The van der Waals surface area contributed by atoms with Gasteiger partial charge in [0.15, 0.2) is 0 Å². The zero-order valence-electron chi connectivity index (χ0n) is 11.7. The highest BCUT2D eigenvalue weighted by molar-refractivity contribution is 7.98. The maximum atomic E-state index is 4.53. The summed E-state index contributed by atoms with van der Waals surface area (Å²) in [7, 11) is 1.85. The molecule has 1 fully saturated rings. The lowest BCUT2D eigenvalue weighted by Gasteiger charge is -2.12. The molecule has 104 valence electrons. The molecule has 0 atom stereocenters. The minimum atomic E-state index is 0.612. The van der Waals surface area contributed by atoms with Crippen molar-refractivity contribution in [2.45, 2.75) is 23.7 Å². The van der Waals surface area contributed by atoms with Crippen molar-refractivity contribution < 1.29 is 0 Å². The smallest absolute Gasteiger partial charge is 0.224 e. The first-order valence-electron chi connectivity index (χ1n) is 6.77. The number of para-hydroxylation sites is 1. The number of hydrogen-bond acceptors (Lipinski definition) is 5. The van der Waals surface area contributed by atoms with Crippen molar-refractivity contribution in [1.82, 2.24) is 9.97 Å². The summed E-state index contributed by atoms with van der Waals surface area (Å²) in [5, 5.41) is 6.45. The number of anilines is 3. The molecule has 1 aliphatic carbocycles. The molecule has 5 heteroatoms. The average Bonchev–Trinajstić information content (AvgIpc) is 3.32. The van der Waals surface area contributed by atoms with Crippen LogP contribution in [0.4, 0.5) is 17.5 Å². The average molecular weight is 286 g/mol. The second-order valence-electron chi connectivity index (χ2n) is 4.85. The Morgan fingerprint density at radius 2 is 2.00 bits per heavy atom. The van der Waals surface area contributed by atoms with E-state index in [0.29, 0.717) is 11.9 Å². The van der Waals surface area contributed by atoms with Gasteiger partial charge in [0.2, 0.25) is 5.95 Å². The maximum Gasteiger partial charge on any atom is 0.224 e. The van der Waals surface area contributed by atoms with Gasteiger partial charge in [-0.15, -0.1) is 11.8 Å². The fourth-order valence-electron chi connectivity index (χ4n) is 2.12. The first-order chi connectivity index (χ1) is 9.80. The third-order valence-corrected chi connectivity index (χ3v) is 4.13. The fraction of sp³-hybridized carbons (Fsp3) is 0.333. The highest BCUT2D eigenvalue weighted by Gasteiger charge is 2.26. The van der Waals surface area contributed by atoms with E-state index >= 15 is 0 Å². The first-order valence-corrected chi connectivity index (χ1v) is 7.99. The lowest BCUT2D eigenvalue weighted by Crippen LogP contribution is -2.03. The van der Waals surface area contributed by atoms with E-state index in [4.69, 9.17) is 0 Å². The molecule has 0 spiro atoms. The summed E-state index contributed by atoms with van der Waals surface area (Å²) in [5.41, 5.74) is 2.22. The number of nitrogens with one attached hydrogen (secondary N) is 2. The molecule has 1 aromatic carbocycles. The van der Waals surface area contributed by atoms with Crippen LogP contribution < -0.4 is 10.6 Å². The Balaban J connectivity index is 1.91. The minimum Gasteiger partial charge on any atom is -0.357 e. The second kappa shape index (κ2) is 5.71. The van der Waals surface area contributed by atoms with Gasteiger partial charge in [-0.3, -0.25) is 0 Å². The maximum absolute atomic E-state index is 4.53. The minimum absolute atomic E-state index is 0.612. The third kappa shape index (κ3) is 2.88. The topological polar surface area (TPSA) is 49.8 Å². The zero-order valence-corrected chi connectivity index (χ0v) is 12.5. The Labute approximate surface area is 123 Å². The van der Waals surface area contributed by atoms with Crippen LogP contribution in [-0.4, -0.2) is 23.3 Å². The molecule has 0 aliphatic heterocycles. The number of rotatable bonds is 5. The predicted octanol–water partition coefficient (Wildman–Crippen LogP) is 3.86. The van der Waals surface area contributed by atoms with E-state index in [1.54, 1.807) is 11.8 Å². The Hall–Kier alpha value is -1.75. The van der Waals surface area contributed by atoms with Gasteiger partial charge in [0.05, 0.1) is 11.4 Å². The van der Waals surface area contributed by atoms with E-state index in [1.165, 1.54) is 17.7 Å². The van der Waals surface area contributed by atoms with Crippen LogP contribution in [0, 0.1) is 0 Å². The molecule has 0 bridgehead atoms. The Bertz CT molecular complexity index is 611. The molecular weight excluding hydrogens is 268 g/mol. The number of benzene rings is 1. The van der Waals surface area contributed by atoms with E-state index < -0.39 is 0 Å². The molecule has 4 nitrogen and oxygen atoms in total. The van der Waals surface area contributed by atoms with Crippen LogP contribution in [0.15, 0.2) is 35.2 Å². The molecule has 0 amide bonds. The number of hydrogen-bond donors (Lipinski definition) is 2. The number of thioether (sulfide) groups is 1. The monoisotopic (exact) mass is 286 g/mol. The summed E-state index contributed by atoms with van der Waals surface area (Å²) in [6, 6.07) is 10.3. The largest absolute Gasteiger partial charge is 0.357 e. The zero-order chi connectivity index (χ0) is 13.9. The van der Waals surface area contributed by atoms with Crippen LogP contribution in [0.3, 0.4) is 0 Å². The molecule has 0 unspecified atom stereocenters. The highest BCUT2D eigenvalue weighted by Crippen LogP contribution is 2.40. The van der Waals surface area contributed by atoms with E-state index in [-0.39, 0.29) is 0 Å². The van der Waals surface area contributed by atoms with Crippen LogP contribution in [0.1, 0.15) is 24.5 Å². The van der Waals surface area contributed by atoms with Crippen LogP contribution in [0.2, 0.25) is 0 Å². The normalized spacial score (nSPS) is 14.1. The van der Waals surface area contributed by atoms with Gasteiger partial charge >= 0.3 is 0 Å².